The molecule has 3 heterocycles. The van der Waals surface area contributed by atoms with E-state index < -0.39 is 46.3 Å². The van der Waals surface area contributed by atoms with E-state index in [2.05, 4.69) is 10.3 Å². The molecule has 0 unspecified atom stereocenters. The minimum Gasteiger partial charge on any atom is -0.491 e. The molecule has 4 rings (SSSR count). The van der Waals surface area contributed by atoms with Crippen LogP contribution < -0.4 is 10.1 Å². The highest BCUT2D eigenvalue weighted by atomic mass is 19.4. The van der Waals surface area contributed by atoms with Crippen LogP contribution in [0.4, 0.5) is 22.4 Å². The van der Waals surface area contributed by atoms with Crippen LogP contribution in [0.25, 0.3) is 5.52 Å². The minimum absolute atomic E-state index is 0.0963. The van der Waals surface area contributed by atoms with Crippen molar-refractivity contribution >= 4 is 17.5 Å². The zero-order valence-corrected chi connectivity index (χ0v) is 21.6. The van der Waals surface area contributed by atoms with Gasteiger partial charge in [0.1, 0.15) is 35.1 Å². The summed E-state index contributed by atoms with van der Waals surface area (Å²) in [4.78, 5) is 31.2. The highest BCUT2D eigenvalue weighted by Gasteiger charge is 2.41. The molecule has 1 N–H and O–H groups in total. The first-order valence-electron chi connectivity index (χ1n) is 11.9. The molecule has 0 spiro atoms. The highest BCUT2D eigenvalue weighted by molar-refractivity contribution is 5.98. The molecule has 1 aromatic carbocycles. The third kappa shape index (κ3) is 5.39. The molecule has 0 bridgehead atoms. The number of hydrogen-bond acceptors (Lipinski definition) is 5. The monoisotopic (exact) mass is 536 g/mol. The fourth-order valence-electron chi connectivity index (χ4n) is 4.23. The fourth-order valence-corrected chi connectivity index (χ4v) is 4.23. The summed E-state index contributed by atoms with van der Waals surface area (Å²) in [7, 11) is 0. The number of aromatic nitrogens is 2. The number of carbonyl (C=O) groups is 2. The summed E-state index contributed by atoms with van der Waals surface area (Å²) in [5, 5.41) is 2.70. The van der Waals surface area contributed by atoms with Gasteiger partial charge in [-0.15, -0.1) is 0 Å². The van der Waals surface area contributed by atoms with Gasteiger partial charge in [0.15, 0.2) is 5.69 Å². The molecule has 0 aliphatic carbocycles. The van der Waals surface area contributed by atoms with Gasteiger partial charge in [-0.05, 0) is 52.8 Å². The van der Waals surface area contributed by atoms with E-state index >= 15 is 0 Å². The van der Waals surface area contributed by atoms with E-state index in [1.54, 1.807) is 32.9 Å². The van der Waals surface area contributed by atoms with Gasteiger partial charge in [0.25, 0.3) is 5.91 Å². The molecule has 0 radical (unpaired) electrons. The number of hydrogen-bond donors (Lipinski definition) is 1. The Morgan fingerprint density at radius 3 is 2.45 bits per heavy atom. The molecule has 1 aliphatic rings. The molecular formula is C26H28F4N4O4. The summed E-state index contributed by atoms with van der Waals surface area (Å²) in [6.45, 7) is 8.66. The Bertz CT molecular complexity index is 1390. The van der Waals surface area contributed by atoms with E-state index in [0.717, 1.165) is 10.5 Å². The van der Waals surface area contributed by atoms with Gasteiger partial charge >= 0.3 is 12.3 Å². The van der Waals surface area contributed by atoms with Crippen molar-refractivity contribution in [3.63, 3.8) is 0 Å². The number of halogens is 4. The number of amides is 2. The maximum absolute atomic E-state index is 14.4. The van der Waals surface area contributed by atoms with E-state index in [-0.39, 0.29) is 36.8 Å². The Hall–Kier alpha value is -3.83. The van der Waals surface area contributed by atoms with Gasteiger partial charge in [-0.1, -0.05) is 12.1 Å². The fraction of sp³-hybridized carbons (Fsp3) is 0.423. The number of nitrogens with zero attached hydrogens (tertiary/aromatic N) is 3. The standard InChI is InChI=1S/C26H28F4N4O4/c1-24(2,3)38-23(36)33-12-13-37-19-15(14-33)8-6-9-16(19)21(35)32-25(4,5)22-31-20(26(28,29)30)18-17(27)10-7-11-34(18)22/h6-11H,12-14H2,1-5H3,(H,32,35). The highest BCUT2D eigenvalue weighted by Crippen LogP contribution is 2.36. The van der Waals surface area contributed by atoms with Crippen LogP contribution >= 0.6 is 0 Å². The van der Waals surface area contributed by atoms with Crippen LogP contribution in [0.5, 0.6) is 5.75 Å². The molecule has 2 amide bonds. The predicted octanol–water partition coefficient (Wildman–Crippen LogP) is 5.29. The first kappa shape index (κ1) is 27.2. The third-order valence-corrected chi connectivity index (χ3v) is 5.83. The van der Waals surface area contributed by atoms with E-state index in [1.807, 2.05) is 0 Å². The number of imidazole rings is 1. The zero-order valence-electron chi connectivity index (χ0n) is 21.6. The van der Waals surface area contributed by atoms with E-state index in [1.165, 1.54) is 37.1 Å². The van der Waals surface area contributed by atoms with Gasteiger partial charge in [-0.25, -0.2) is 14.2 Å². The van der Waals surface area contributed by atoms with E-state index in [4.69, 9.17) is 9.47 Å². The lowest BCUT2D eigenvalue weighted by atomic mass is 10.0. The summed E-state index contributed by atoms with van der Waals surface area (Å²) in [5.74, 6) is -1.68. The molecule has 38 heavy (non-hydrogen) atoms. The Balaban J connectivity index is 1.65. The molecule has 0 saturated carbocycles. The normalized spacial score (nSPS) is 14.5. The second kappa shape index (κ2) is 9.48. The Morgan fingerprint density at radius 1 is 1.08 bits per heavy atom. The molecule has 1 aliphatic heterocycles. The summed E-state index contributed by atoms with van der Waals surface area (Å²) in [6.07, 6.45) is -4.17. The average molecular weight is 537 g/mol. The molecule has 0 saturated heterocycles. The summed E-state index contributed by atoms with van der Waals surface area (Å²) in [6, 6.07) is 7.01. The molecule has 0 atom stereocenters. The number of ether oxygens (including phenoxy) is 2. The molecule has 204 valence electrons. The van der Waals surface area contributed by atoms with Crippen molar-refractivity contribution in [3.05, 3.63) is 65.0 Å². The van der Waals surface area contributed by atoms with Crippen LogP contribution in [0.1, 0.15) is 62.1 Å². The van der Waals surface area contributed by atoms with Crippen molar-refractivity contribution in [1.29, 1.82) is 0 Å². The first-order valence-corrected chi connectivity index (χ1v) is 11.9. The van der Waals surface area contributed by atoms with Gasteiger partial charge in [0.2, 0.25) is 0 Å². The van der Waals surface area contributed by atoms with Crippen LogP contribution in [0.15, 0.2) is 36.5 Å². The van der Waals surface area contributed by atoms with Crippen molar-refractivity contribution in [3.8, 4) is 5.75 Å². The molecular weight excluding hydrogens is 508 g/mol. The number of carbonyl (C=O) groups excluding carboxylic acids is 2. The van der Waals surface area contributed by atoms with Crippen LogP contribution in [0.2, 0.25) is 0 Å². The molecule has 12 heteroatoms. The minimum atomic E-state index is -4.91. The number of nitrogens with one attached hydrogen (secondary N) is 1. The molecule has 0 fully saturated rings. The average Bonchev–Trinajstić information content (AvgIpc) is 3.07. The van der Waals surface area contributed by atoms with Gasteiger partial charge in [0, 0.05) is 11.8 Å². The van der Waals surface area contributed by atoms with Crippen LogP contribution in [0.3, 0.4) is 0 Å². The zero-order chi connectivity index (χ0) is 28.0. The smallest absolute Gasteiger partial charge is 0.435 e. The maximum atomic E-state index is 14.4. The van der Waals surface area contributed by atoms with Crippen molar-refractivity contribution in [2.75, 3.05) is 13.2 Å². The number of alkyl halides is 3. The second-order valence-electron chi connectivity index (χ2n) is 10.5. The lowest BCUT2D eigenvalue weighted by Crippen LogP contribution is -2.42. The number of fused-ring (bicyclic) bond motifs is 2. The maximum Gasteiger partial charge on any atom is 0.435 e. The van der Waals surface area contributed by atoms with Gasteiger partial charge in [0.05, 0.1) is 24.2 Å². The summed E-state index contributed by atoms with van der Waals surface area (Å²) < 4.78 is 67.6. The van der Waals surface area contributed by atoms with Crippen molar-refractivity contribution in [2.24, 2.45) is 0 Å². The third-order valence-electron chi connectivity index (χ3n) is 5.83. The largest absolute Gasteiger partial charge is 0.491 e. The predicted molar refractivity (Wildman–Crippen MR) is 129 cm³/mol. The first-order chi connectivity index (χ1) is 17.6. The quantitative estimate of drug-likeness (QED) is 0.460. The Kier molecular flexibility index (Phi) is 6.79. The molecule has 2 aromatic heterocycles. The molecule has 8 nitrogen and oxygen atoms in total. The van der Waals surface area contributed by atoms with Crippen LogP contribution in [-0.2, 0) is 23.0 Å². The number of para-hydroxylation sites is 1. The van der Waals surface area contributed by atoms with E-state index in [9.17, 15) is 27.2 Å². The molecule has 3 aromatic rings. The van der Waals surface area contributed by atoms with Gasteiger partial charge < -0.3 is 19.7 Å². The lowest BCUT2D eigenvalue weighted by Gasteiger charge is -2.26. The Labute approximate surface area is 216 Å². The topological polar surface area (TPSA) is 85.2 Å². The van der Waals surface area contributed by atoms with E-state index in [0.29, 0.717) is 5.56 Å². The lowest BCUT2D eigenvalue weighted by molar-refractivity contribution is -0.139. The van der Waals surface area contributed by atoms with Crippen LogP contribution in [-0.4, -0.2) is 45.0 Å². The number of rotatable bonds is 3. The van der Waals surface area contributed by atoms with Crippen LogP contribution in [0, 0.1) is 5.82 Å². The van der Waals surface area contributed by atoms with Crippen molar-refractivity contribution in [2.45, 2.75) is 58.5 Å². The second-order valence-corrected chi connectivity index (χ2v) is 10.5. The summed E-state index contributed by atoms with van der Waals surface area (Å²) >= 11 is 0. The summed E-state index contributed by atoms with van der Waals surface area (Å²) in [5.41, 5.74) is -3.56. The SMILES string of the molecule is CC(C)(C)OC(=O)N1CCOc2c(cccc2C(=O)NC(C)(C)c2nc(C(F)(F)F)c3c(F)cccn23)C1. The van der Waals surface area contributed by atoms with Crippen molar-refractivity contribution in [1.82, 2.24) is 19.6 Å². The van der Waals surface area contributed by atoms with Gasteiger partial charge in [-0.2, -0.15) is 13.2 Å². The van der Waals surface area contributed by atoms with Gasteiger partial charge in [-0.3, -0.25) is 9.20 Å². The van der Waals surface area contributed by atoms with Crippen molar-refractivity contribution < 1.29 is 36.6 Å². The number of benzene rings is 1. The Morgan fingerprint density at radius 2 is 1.79 bits per heavy atom. The number of pyridine rings is 1.